The first-order valence-corrected chi connectivity index (χ1v) is 6.12. The molecule has 0 aliphatic carbocycles. The van der Waals surface area contributed by atoms with Gasteiger partial charge in [-0.25, -0.2) is 4.79 Å². The van der Waals surface area contributed by atoms with Crippen molar-refractivity contribution in [3.8, 4) is 0 Å². The fourth-order valence-electron chi connectivity index (χ4n) is 1.26. The van der Waals surface area contributed by atoms with Crippen LogP contribution in [0.25, 0.3) is 0 Å². The number of ether oxygens (including phenoxy) is 3. The molecule has 0 aromatic carbocycles. The number of likely N-dealkylation sites (N-methyl/N-ethyl adjacent to an activating group) is 1. The van der Waals surface area contributed by atoms with E-state index in [1.807, 2.05) is 0 Å². The average molecular weight is 260 g/mol. The van der Waals surface area contributed by atoms with Gasteiger partial charge in [-0.2, -0.15) is 0 Å². The standard InChI is InChI=1S/C13H26NO4/c1-6-13(15)18-8-7-14(3,4)12(2)11-17-10-9-16-5/h6,12H,1,7-11H2,2-5H3/q+1. The summed E-state index contributed by atoms with van der Waals surface area (Å²) >= 11 is 0. The second-order valence-electron chi connectivity index (χ2n) is 4.79. The van der Waals surface area contributed by atoms with E-state index < -0.39 is 0 Å². The first-order chi connectivity index (χ1) is 8.44. The van der Waals surface area contributed by atoms with Crippen molar-refractivity contribution in [2.45, 2.75) is 13.0 Å². The molecule has 0 aliphatic heterocycles. The molecule has 0 heterocycles. The minimum atomic E-state index is -0.376. The number of hydrogen-bond acceptors (Lipinski definition) is 4. The number of methoxy groups -OCH3 is 1. The molecule has 0 N–H and O–H groups in total. The Kier molecular flexibility index (Phi) is 8.62. The summed E-state index contributed by atoms with van der Waals surface area (Å²) in [6, 6.07) is 0.323. The van der Waals surface area contributed by atoms with E-state index in [1.165, 1.54) is 6.08 Å². The number of esters is 1. The molecule has 0 saturated heterocycles. The molecular formula is C13H26NO4+. The summed E-state index contributed by atoms with van der Waals surface area (Å²) in [6.45, 7) is 8.47. The maximum atomic E-state index is 10.9. The first-order valence-electron chi connectivity index (χ1n) is 6.12. The highest BCUT2D eigenvalue weighted by Gasteiger charge is 2.24. The third-order valence-corrected chi connectivity index (χ3v) is 3.06. The Morgan fingerprint density at radius 1 is 1.33 bits per heavy atom. The molecule has 106 valence electrons. The summed E-state index contributed by atoms with van der Waals surface area (Å²) in [5.41, 5.74) is 0. The van der Waals surface area contributed by atoms with Crippen LogP contribution in [0.15, 0.2) is 12.7 Å². The average Bonchev–Trinajstić information content (AvgIpc) is 2.33. The summed E-state index contributed by atoms with van der Waals surface area (Å²) in [6.07, 6.45) is 1.18. The Bertz CT molecular complexity index is 253. The van der Waals surface area contributed by atoms with Crippen LogP contribution in [0.3, 0.4) is 0 Å². The predicted molar refractivity (Wildman–Crippen MR) is 70.3 cm³/mol. The van der Waals surface area contributed by atoms with E-state index in [4.69, 9.17) is 14.2 Å². The zero-order valence-electron chi connectivity index (χ0n) is 12.0. The number of carbonyl (C=O) groups is 1. The number of hydrogen-bond donors (Lipinski definition) is 0. The van der Waals surface area contributed by atoms with Crippen molar-refractivity contribution < 1.29 is 23.5 Å². The van der Waals surface area contributed by atoms with E-state index in [0.29, 0.717) is 32.5 Å². The van der Waals surface area contributed by atoms with Gasteiger partial charge >= 0.3 is 5.97 Å². The van der Waals surface area contributed by atoms with Crippen LogP contribution < -0.4 is 0 Å². The third kappa shape index (κ3) is 7.42. The molecule has 0 rings (SSSR count). The highest BCUT2D eigenvalue weighted by molar-refractivity contribution is 5.81. The van der Waals surface area contributed by atoms with Gasteiger partial charge in [0, 0.05) is 13.2 Å². The van der Waals surface area contributed by atoms with Crippen LogP contribution in [0.4, 0.5) is 0 Å². The molecule has 1 unspecified atom stereocenters. The highest BCUT2D eigenvalue weighted by Crippen LogP contribution is 2.06. The van der Waals surface area contributed by atoms with Crippen molar-refractivity contribution in [3.05, 3.63) is 12.7 Å². The minimum Gasteiger partial charge on any atom is -0.457 e. The van der Waals surface area contributed by atoms with E-state index in [1.54, 1.807) is 7.11 Å². The number of carbonyl (C=O) groups excluding carboxylic acids is 1. The number of rotatable bonds is 10. The van der Waals surface area contributed by atoms with Gasteiger partial charge in [0.15, 0.2) is 0 Å². The molecule has 5 nitrogen and oxygen atoms in total. The van der Waals surface area contributed by atoms with E-state index in [2.05, 4.69) is 27.6 Å². The Hall–Kier alpha value is -0.910. The third-order valence-electron chi connectivity index (χ3n) is 3.06. The second kappa shape index (κ2) is 9.08. The minimum absolute atomic E-state index is 0.323. The van der Waals surface area contributed by atoms with Crippen LogP contribution in [0.2, 0.25) is 0 Å². The monoisotopic (exact) mass is 260 g/mol. The molecule has 18 heavy (non-hydrogen) atoms. The van der Waals surface area contributed by atoms with Gasteiger partial charge in [0.1, 0.15) is 19.2 Å². The smallest absolute Gasteiger partial charge is 0.330 e. The van der Waals surface area contributed by atoms with Gasteiger partial charge in [0.05, 0.1) is 33.9 Å². The van der Waals surface area contributed by atoms with Crippen molar-refractivity contribution in [2.24, 2.45) is 0 Å². The summed E-state index contributed by atoms with van der Waals surface area (Å²) in [5, 5.41) is 0. The molecule has 0 aromatic rings. The molecule has 0 spiro atoms. The van der Waals surface area contributed by atoms with E-state index in [0.717, 1.165) is 11.0 Å². The lowest BCUT2D eigenvalue weighted by Gasteiger charge is -2.35. The zero-order chi connectivity index (χ0) is 14.0. The summed E-state index contributed by atoms with van der Waals surface area (Å²) in [7, 11) is 5.83. The number of nitrogens with zero attached hydrogens (tertiary/aromatic N) is 1. The number of quaternary nitrogens is 1. The lowest BCUT2D eigenvalue weighted by atomic mass is 10.2. The van der Waals surface area contributed by atoms with Crippen LogP contribution in [0.1, 0.15) is 6.92 Å². The molecular weight excluding hydrogens is 234 g/mol. The quantitative estimate of drug-likeness (QED) is 0.253. The van der Waals surface area contributed by atoms with E-state index in [-0.39, 0.29) is 5.97 Å². The predicted octanol–water partition coefficient (Wildman–Crippen LogP) is 0.843. The molecule has 0 bridgehead atoms. The van der Waals surface area contributed by atoms with Crippen molar-refractivity contribution in [3.63, 3.8) is 0 Å². The zero-order valence-corrected chi connectivity index (χ0v) is 12.0. The van der Waals surface area contributed by atoms with Gasteiger partial charge in [-0.1, -0.05) is 6.58 Å². The first kappa shape index (κ1) is 17.1. The maximum absolute atomic E-state index is 10.9. The molecule has 0 amide bonds. The Morgan fingerprint density at radius 3 is 2.56 bits per heavy atom. The van der Waals surface area contributed by atoms with Crippen molar-refractivity contribution in [2.75, 3.05) is 54.2 Å². The SMILES string of the molecule is C=CC(=O)OCC[N+](C)(C)C(C)COCCOC. The Labute approximate surface area is 110 Å². The fraction of sp³-hybridized carbons (Fsp3) is 0.769. The van der Waals surface area contributed by atoms with Crippen molar-refractivity contribution in [1.29, 1.82) is 0 Å². The van der Waals surface area contributed by atoms with Crippen LogP contribution >= 0.6 is 0 Å². The van der Waals surface area contributed by atoms with Crippen LogP contribution in [0, 0.1) is 0 Å². The van der Waals surface area contributed by atoms with Crippen molar-refractivity contribution in [1.82, 2.24) is 0 Å². The fourth-order valence-corrected chi connectivity index (χ4v) is 1.26. The lowest BCUT2D eigenvalue weighted by Crippen LogP contribution is -2.51. The Balaban J connectivity index is 3.87. The van der Waals surface area contributed by atoms with Gasteiger partial charge in [-0.3, -0.25) is 0 Å². The van der Waals surface area contributed by atoms with Gasteiger partial charge < -0.3 is 18.7 Å². The van der Waals surface area contributed by atoms with Crippen LogP contribution in [-0.4, -0.2) is 70.7 Å². The van der Waals surface area contributed by atoms with E-state index in [9.17, 15) is 4.79 Å². The summed E-state index contributed by atoms with van der Waals surface area (Å²) in [4.78, 5) is 10.9. The largest absolute Gasteiger partial charge is 0.457 e. The lowest BCUT2D eigenvalue weighted by molar-refractivity contribution is -0.913. The highest BCUT2D eigenvalue weighted by atomic mass is 16.5. The van der Waals surface area contributed by atoms with Crippen LogP contribution in [0.5, 0.6) is 0 Å². The molecule has 0 aromatic heterocycles. The molecule has 0 saturated carbocycles. The van der Waals surface area contributed by atoms with Gasteiger partial charge in [0.25, 0.3) is 0 Å². The van der Waals surface area contributed by atoms with Crippen LogP contribution in [-0.2, 0) is 19.0 Å². The van der Waals surface area contributed by atoms with Gasteiger partial charge in [-0.05, 0) is 6.92 Å². The normalized spacial score (nSPS) is 13.1. The Morgan fingerprint density at radius 2 is 2.00 bits per heavy atom. The van der Waals surface area contributed by atoms with Gasteiger partial charge in [0.2, 0.25) is 0 Å². The molecule has 5 heteroatoms. The maximum Gasteiger partial charge on any atom is 0.330 e. The molecule has 1 atom stereocenters. The van der Waals surface area contributed by atoms with Gasteiger partial charge in [-0.15, -0.1) is 0 Å². The van der Waals surface area contributed by atoms with Crippen molar-refractivity contribution >= 4 is 5.97 Å². The molecule has 0 aliphatic rings. The molecule has 0 fully saturated rings. The summed E-state index contributed by atoms with van der Waals surface area (Å²) in [5.74, 6) is -0.376. The summed E-state index contributed by atoms with van der Waals surface area (Å²) < 4.78 is 16.1. The van der Waals surface area contributed by atoms with E-state index >= 15 is 0 Å². The second-order valence-corrected chi connectivity index (χ2v) is 4.79. The topological polar surface area (TPSA) is 44.8 Å². The molecule has 0 radical (unpaired) electrons.